The van der Waals surface area contributed by atoms with E-state index in [0.717, 1.165) is 19.6 Å². The maximum absolute atomic E-state index is 4.38. The highest BCUT2D eigenvalue weighted by Gasteiger charge is 2.17. The van der Waals surface area contributed by atoms with Crippen molar-refractivity contribution < 1.29 is 0 Å². The Hall–Kier alpha value is -0.930. The van der Waals surface area contributed by atoms with Gasteiger partial charge < -0.3 is 5.32 Å². The SMILES string of the molecule is CCN(Cc1ccccn1)C[C@@H]1CCCN1. The third-order valence-corrected chi connectivity index (χ3v) is 3.20. The molecule has 0 aromatic carbocycles. The Kier molecular flexibility index (Phi) is 4.31. The van der Waals surface area contributed by atoms with Gasteiger partial charge in [0.05, 0.1) is 5.69 Å². The number of pyridine rings is 1. The molecule has 2 rings (SSSR count). The zero-order valence-electron chi connectivity index (χ0n) is 10.0. The Morgan fingerprint density at radius 3 is 3.06 bits per heavy atom. The van der Waals surface area contributed by atoms with Crippen molar-refractivity contribution in [2.75, 3.05) is 19.6 Å². The van der Waals surface area contributed by atoms with Gasteiger partial charge in [-0.15, -0.1) is 0 Å². The van der Waals surface area contributed by atoms with E-state index in [1.165, 1.54) is 25.1 Å². The fraction of sp³-hybridized carbons (Fsp3) is 0.615. The van der Waals surface area contributed by atoms with E-state index in [9.17, 15) is 0 Å². The van der Waals surface area contributed by atoms with Gasteiger partial charge in [0.2, 0.25) is 0 Å². The molecule has 0 bridgehead atoms. The van der Waals surface area contributed by atoms with Crippen molar-refractivity contribution in [2.45, 2.75) is 32.4 Å². The van der Waals surface area contributed by atoms with Gasteiger partial charge in [-0.3, -0.25) is 9.88 Å². The molecule has 1 aromatic rings. The average molecular weight is 219 g/mol. The Labute approximate surface area is 97.9 Å². The molecule has 3 heteroatoms. The summed E-state index contributed by atoms with van der Waals surface area (Å²) in [6.07, 6.45) is 4.52. The van der Waals surface area contributed by atoms with Crippen LogP contribution in [0.2, 0.25) is 0 Å². The van der Waals surface area contributed by atoms with Crippen molar-refractivity contribution in [3.63, 3.8) is 0 Å². The van der Waals surface area contributed by atoms with Crippen LogP contribution in [-0.2, 0) is 6.54 Å². The van der Waals surface area contributed by atoms with Crippen LogP contribution in [-0.4, -0.2) is 35.6 Å². The Morgan fingerprint density at radius 1 is 1.50 bits per heavy atom. The lowest BCUT2D eigenvalue weighted by Gasteiger charge is -2.23. The van der Waals surface area contributed by atoms with E-state index in [1.54, 1.807) is 0 Å². The summed E-state index contributed by atoms with van der Waals surface area (Å²) in [5.74, 6) is 0. The molecule has 0 spiro atoms. The number of nitrogens with zero attached hydrogens (tertiary/aromatic N) is 2. The van der Waals surface area contributed by atoms with Crippen molar-refractivity contribution >= 4 is 0 Å². The summed E-state index contributed by atoms with van der Waals surface area (Å²) in [4.78, 5) is 6.84. The highest BCUT2D eigenvalue weighted by atomic mass is 15.2. The molecule has 1 saturated heterocycles. The van der Waals surface area contributed by atoms with Crippen LogP contribution in [0.3, 0.4) is 0 Å². The predicted molar refractivity (Wildman–Crippen MR) is 66.2 cm³/mol. The molecule has 1 aliphatic rings. The van der Waals surface area contributed by atoms with Gasteiger partial charge in [0.15, 0.2) is 0 Å². The van der Waals surface area contributed by atoms with E-state index < -0.39 is 0 Å². The Morgan fingerprint density at radius 2 is 2.44 bits per heavy atom. The van der Waals surface area contributed by atoms with E-state index in [4.69, 9.17) is 0 Å². The molecule has 16 heavy (non-hydrogen) atoms. The van der Waals surface area contributed by atoms with Gasteiger partial charge in [0.1, 0.15) is 0 Å². The maximum atomic E-state index is 4.38. The number of hydrogen-bond donors (Lipinski definition) is 1. The second-order valence-electron chi connectivity index (χ2n) is 4.44. The van der Waals surface area contributed by atoms with Crippen LogP contribution in [0.15, 0.2) is 24.4 Å². The minimum atomic E-state index is 0.684. The molecule has 2 heterocycles. The second kappa shape index (κ2) is 5.97. The Balaban J connectivity index is 1.85. The quantitative estimate of drug-likeness (QED) is 0.816. The molecule has 1 N–H and O–H groups in total. The third-order valence-electron chi connectivity index (χ3n) is 3.20. The van der Waals surface area contributed by atoms with Crippen LogP contribution in [0, 0.1) is 0 Å². The molecule has 1 fully saturated rings. The first-order valence-electron chi connectivity index (χ1n) is 6.24. The van der Waals surface area contributed by atoms with Gasteiger partial charge in [-0.1, -0.05) is 13.0 Å². The summed E-state index contributed by atoms with van der Waals surface area (Å²) in [6.45, 7) is 6.61. The highest BCUT2D eigenvalue weighted by molar-refractivity contribution is 5.03. The van der Waals surface area contributed by atoms with E-state index in [2.05, 4.69) is 34.3 Å². The van der Waals surface area contributed by atoms with E-state index in [-0.39, 0.29) is 0 Å². The third kappa shape index (κ3) is 3.29. The van der Waals surface area contributed by atoms with Crippen LogP contribution < -0.4 is 5.32 Å². The number of aromatic nitrogens is 1. The molecular weight excluding hydrogens is 198 g/mol. The minimum absolute atomic E-state index is 0.684. The number of nitrogens with one attached hydrogen (secondary N) is 1. The van der Waals surface area contributed by atoms with Crippen molar-refractivity contribution in [1.82, 2.24) is 15.2 Å². The monoisotopic (exact) mass is 219 g/mol. The maximum Gasteiger partial charge on any atom is 0.0543 e. The van der Waals surface area contributed by atoms with Crippen molar-refractivity contribution in [2.24, 2.45) is 0 Å². The van der Waals surface area contributed by atoms with Gasteiger partial charge in [0.25, 0.3) is 0 Å². The van der Waals surface area contributed by atoms with Crippen molar-refractivity contribution in [3.8, 4) is 0 Å². The first-order chi connectivity index (χ1) is 7.88. The first-order valence-corrected chi connectivity index (χ1v) is 6.24. The fourth-order valence-corrected chi connectivity index (χ4v) is 2.25. The fourth-order valence-electron chi connectivity index (χ4n) is 2.25. The van der Waals surface area contributed by atoms with Gasteiger partial charge in [-0.25, -0.2) is 0 Å². The summed E-state index contributed by atoms with van der Waals surface area (Å²) in [6, 6.07) is 6.82. The topological polar surface area (TPSA) is 28.2 Å². The number of hydrogen-bond acceptors (Lipinski definition) is 3. The van der Waals surface area contributed by atoms with Gasteiger partial charge >= 0.3 is 0 Å². The van der Waals surface area contributed by atoms with Crippen LogP contribution >= 0.6 is 0 Å². The largest absolute Gasteiger partial charge is 0.313 e. The molecule has 0 amide bonds. The van der Waals surface area contributed by atoms with E-state index >= 15 is 0 Å². The Bertz CT molecular complexity index is 293. The zero-order valence-corrected chi connectivity index (χ0v) is 10.0. The van der Waals surface area contributed by atoms with Gasteiger partial charge in [-0.05, 0) is 38.1 Å². The molecule has 1 atom stereocenters. The molecule has 0 radical (unpaired) electrons. The minimum Gasteiger partial charge on any atom is -0.313 e. The standard InChI is InChI=1S/C13H21N3/c1-2-16(11-13-7-5-9-15-13)10-12-6-3-4-8-14-12/h3-4,6,8,13,15H,2,5,7,9-11H2,1H3/t13-/m0/s1. The van der Waals surface area contributed by atoms with E-state index in [1.807, 2.05) is 12.3 Å². The van der Waals surface area contributed by atoms with Crippen LogP contribution in [0.25, 0.3) is 0 Å². The van der Waals surface area contributed by atoms with Crippen LogP contribution in [0.5, 0.6) is 0 Å². The molecule has 3 nitrogen and oxygen atoms in total. The average Bonchev–Trinajstić information content (AvgIpc) is 2.82. The second-order valence-corrected chi connectivity index (χ2v) is 4.44. The van der Waals surface area contributed by atoms with Gasteiger partial charge in [0, 0.05) is 25.3 Å². The zero-order chi connectivity index (χ0) is 11.2. The lowest BCUT2D eigenvalue weighted by molar-refractivity contribution is 0.251. The molecule has 1 aliphatic heterocycles. The van der Waals surface area contributed by atoms with E-state index in [0.29, 0.717) is 6.04 Å². The summed E-state index contributed by atoms with van der Waals surface area (Å²) in [5, 5.41) is 3.55. The number of likely N-dealkylation sites (N-methyl/N-ethyl adjacent to an activating group) is 1. The smallest absolute Gasteiger partial charge is 0.0543 e. The van der Waals surface area contributed by atoms with Crippen molar-refractivity contribution in [3.05, 3.63) is 30.1 Å². The molecular formula is C13H21N3. The highest BCUT2D eigenvalue weighted by Crippen LogP contribution is 2.09. The summed E-state index contributed by atoms with van der Waals surface area (Å²) in [7, 11) is 0. The molecule has 88 valence electrons. The number of rotatable bonds is 5. The predicted octanol–water partition coefficient (Wildman–Crippen LogP) is 1.66. The summed E-state index contributed by atoms with van der Waals surface area (Å²) in [5.41, 5.74) is 1.17. The van der Waals surface area contributed by atoms with Crippen molar-refractivity contribution in [1.29, 1.82) is 0 Å². The summed E-state index contributed by atoms with van der Waals surface area (Å²) >= 11 is 0. The van der Waals surface area contributed by atoms with Crippen LogP contribution in [0.4, 0.5) is 0 Å². The lowest BCUT2D eigenvalue weighted by atomic mass is 10.2. The molecule has 1 aromatic heterocycles. The summed E-state index contributed by atoms with van der Waals surface area (Å²) < 4.78 is 0. The first kappa shape index (κ1) is 11.6. The lowest BCUT2D eigenvalue weighted by Crippen LogP contribution is -2.37. The van der Waals surface area contributed by atoms with Crippen LogP contribution in [0.1, 0.15) is 25.5 Å². The molecule has 0 saturated carbocycles. The molecule has 0 aliphatic carbocycles. The van der Waals surface area contributed by atoms with Gasteiger partial charge in [-0.2, -0.15) is 0 Å². The molecule has 0 unspecified atom stereocenters. The normalized spacial score (nSPS) is 20.5.